The van der Waals surface area contributed by atoms with E-state index in [2.05, 4.69) is 4.98 Å². The van der Waals surface area contributed by atoms with Gasteiger partial charge in [-0.3, -0.25) is 15.2 Å². The quantitative estimate of drug-likeness (QED) is 0.173. The van der Waals surface area contributed by atoms with Gasteiger partial charge in [0.15, 0.2) is 0 Å². The normalized spacial score (nSPS) is 17.4. The zero-order valence-electron chi connectivity index (χ0n) is 19.8. The molecule has 196 valence electrons. The summed E-state index contributed by atoms with van der Waals surface area (Å²) >= 11 is 0. The first kappa shape index (κ1) is 28.5. The Kier molecular flexibility index (Phi) is 8.55. The summed E-state index contributed by atoms with van der Waals surface area (Å²) in [6, 6.07) is 13.0. The lowest BCUT2D eigenvalue weighted by molar-refractivity contribution is -0.153. The first-order valence-corrected chi connectivity index (χ1v) is 12.9. The molecule has 4 rings (SSSR count). The fraction of sp³-hybridized carbons (Fsp3) is 0.280. The number of hydrogen-bond acceptors (Lipinski definition) is 7. The number of rotatable bonds is 7. The highest BCUT2D eigenvalue weighted by atomic mass is 127. The van der Waals surface area contributed by atoms with Gasteiger partial charge >= 0.3 is 5.97 Å². The van der Waals surface area contributed by atoms with Crippen molar-refractivity contribution >= 4 is 62.4 Å². The summed E-state index contributed by atoms with van der Waals surface area (Å²) < 4.78 is 28.5. The van der Waals surface area contributed by atoms with E-state index >= 15 is 0 Å². The number of para-hydroxylation sites is 1. The third-order valence-corrected chi connectivity index (χ3v) is 8.67. The second kappa shape index (κ2) is 11.1. The van der Waals surface area contributed by atoms with Crippen molar-refractivity contribution in [2.75, 3.05) is 6.54 Å². The molecular weight excluding hydrogens is 609 g/mol. The highest BCUT2D eigenvalue weighted by molar-refractivity contribution is 14.0. The van der Waals surface area contributed by atoms with Gasteiger partial charge in [0.05, 0.1) is 10.4 Å². The standard InChI is InChI=1S/C25H27N5O5S.HI/c26-22(27)18-8-3-6-16(14-18)15-25(28,24(33)30-13-2-1-10-19(30)23(31)32)36(34,35)20-11-4-7-17-9-5-12-29-21(17)20;/h3-9,11-12,14,19H,1-2,10,13,15,28H2,(H3,26,27)(H,31,32);1H/t19?,25-;/m1./s1. The topological polar surface area (TPSA) is 181 Å². The molecule has 2 aromatic carbocycles. The molecular formula is C25H28IN5O5S. The van der Waals surface area contributed by atoms with Crippen LogP contribution in [0.4, 0.5) is 0 Å². The van der Waals surface area contributed by atoms with Crippen molar-refractivity contribution in [1.82, 2.24) is 9.88 Å². The number of aromatic nitrogens is 1. The average Bonchev–Trinajstić information content (AvgIpc) is 2.87. The number of fused-ring (bicyclic) bond motifs is 1. The van der Waals surface area contributed by atoms with Crippen LogP contribution in [0.5, 0.6) is 0 Å². The summed E-state index contributed by atoms with van der Waals surface area (Å²) in [7, 11) is -4.61. The summed E-state index contributed by atoms with van der Waals surface area (Å²) in [5, 5.41) is 18.0. The van der Waals surface area contributed by atoms with Gasteiger partial charge in [-0.1, -0.05) is 36.4 Å². The van der Waals surface area contributed by atoms with Crippen molar-refractivity contribution in [2.45, 2.75) is 41.5 Å². The number of nitrogens with zero attached hydrogens (tertiary/aromatic N) is 2. The Balaban J connectivity index is 0.00000380. The minimum absolute atomic E-state index is 0. The summed E-state index contributed by atoms with van der Waals surface area (Å²) in [6.45, 7) is 0.0749. The molecule has 3 aromatic rings. The number of nitrogens with one attached hydrogen (secondary N) is 1. The van der Waals surface area contributed by atoms with E-state index in [0.29, 0.717) is 29.4 Å². The van der Waals surface area contributed by atoms with Gasteiger partial charge in [-0.25, -0.2) is 13.2 Å². The maximum Gasteiger partial charge on any atom is 0.326 e. The van der Waals surface area contributed by atoms with Crippen LogP contribution in [0.1, 0.15) is 30.4 Å². The van der Waals surface area contributed by atoms with Crippen LogP contribution in [0.2, 0.25) is 0 Å². The van der Waals surface area contributed by atoms with E-state index in [1.165, 1.54) is 18.3 Å². The van der Waals surface area contributed by atoms with Crippen LogP contribution >= 0.6 is 24.0 Å². The molecule has 12 heteroatoms. The van der Waals surface area contributed by atoms with E-state index in [1.54, 1.807) is 42.5 Å². The lowest BCUT2D eigenvalue weighted by atomic mass is 9.98. The fourth-order valence-electron chi connectivity index (χ4n) is 4.60. The van der Waals surface area contributed by atoms with Gasteiger partial charge in [0.1, 0.15) is 11.9 Å². The number of aliphatic carboxylic acids is 1. The Bertz CT molecular complexity index is 1460. The van der Waals surface area contributed by atoms with Gasteiger partial charge in [0, 0.05) is 30.1 Å². The van der Waals surface area contributed by atoms with Gasteiger partial charge in [0.25, 0.3) is 5.91 Å². The molecule has 1 aliphatic heterocycles. The highest BCUT2D eigenvalue weighted by Crippen LogP contribution is 2.33. The number of amides is 1. The number of carboxylic acid groups (broad SMARTS) is 1. The first-order valence-electron chi connectivity index (χ1n) is 11.4. The van der Waals surface area contributed by atoms with Crippen molar-refractivity contribution < 1.29 is 23.1 Å². The first-order chi connectivity index (χ1) is 17.1. The van der Waals surface area contributed by atoms with Gasteiger partial charge in [-0.15, -0.1) is 24.0 Å². The molecule has 0 radical (unpaired) electrons. The van der Waals surface area contributed by atoms with Gasteiger partial charge < -0.3 is 21.5 Å². The van der Waals surface area contributed by atoms with E-state index in [-0.39, 0.29) is 53.2 Å². The number of carbonyl (C=O) groups is 2. The van der Waals surface area contributed by atoms with Crippen LogP contribution in [0.3, 0.4) is 0 Å². The van der Waals surface area contributed by atoms with Crippen molar-refractivity contribution in [1.29, 1.82) is 5.41 Å². The number of carboxylic acids is 1. The molecule has 1 saturated heterocycles. The number of nitrogen functional groups attached to an aromatic ring is 1. The molecule has 6 N–H and O–H groups in total. The van der Waals surface area contributed by atoms with Crippen molar-refractivity contribution in [3.05, 3.63) is 71.9 Å². The van der Waals surface area contributed by atoms with E-state index in [1.807, 2.05) is 0 Å². The van der Waals surface area contributed by atoms with Crippen molar-refractivity contribution in [2.24, 2.45) is 11.5 Å². The van der Waals surface area contributed by atoms with E-state index in [0.717, 1.165) is 4.90 Å². The molecule has 1 fully saturated rings. The van der Waals surface area contributed by atoms with Crippen LogP contribution < -0.4 is 11.5 Å². The second-order valence-electron chi connectivity index (χ2n) is 8.86. The minimum atomic E-state index is -4.61. The number of amidine groups is 1. The number of halogens is 1. The Morgan fingerprint density at radius 1 is 1.14 bits per heavy atom. The predicted octanol–water partition coefficient (Wildman–Crippen LogP) is 2.27. The number of carbonyl (C=O) groups excluding carboxylic acids is 1. The third-order valence-electron chi connectivity index (χ3n) is 6.48. The molecule has 37 heavy (non-hydrogen) atoms. The summed E-state index contributed by atoms with van der Waals surface area (Å²) in [6.07, 6.45) is 2.32. The van der Waals surface area contributed by atoms with Crippen LogP contribution in [-0.4, -0.2) is 58.6 Å². The van der Waals surface area contributed by atoms with Crippen molar-refractivity contribution in [3.63, 3.8) is 0 Å². The Morgan fingerprint density at radius 3 is 2.54 bits per heavy atom. The van der Waals surface area contributed by atoms with E-state index < -0.39 is 39.0 Å². The largest absolute Gasteiger partial charge is 0.480 e. The Hall–Kier alpha value is -3.10. The van der Waals surface area contributed by atoms with Crippen LogP contribution in [-0.2, 0) is 25.8 Å². The number of likely N-dealkylation sites (tertiary alicyclic amines) is 1. The third kappa shape index (κ3) is 5.31. The summed E-state index contributed by atoms with van der Waals surface area (Å²) in [5.74, 6) is -2.43. The average molecular weight is 638 g/mol. The molecule has 0 aliphatic carbocycles. The Labute approximate surface area is 231 Å². The molecule has 10 nitrogen and oxygen atoms in total. The number of piperidine rings is 1. The number of hydrogen-bond donors (Lipinski definition) is 4. The zero-order valence-corrected chi connectivity index (χ0v) is 23.0. The lowest BCUT2D eigenvalue weighted by Gasteiger charge is -2.39. The smallest absolute Gasteiger partial charge is 0.326 e. The molecule has 1 amide bonds. The van der Waals surface area contributed by atoms with Crippen LogP contribution in [0.15, 0.2) is 65.7 Å². The fourth-order valence-corrected chi connectivity index (χ4v) is 6.38. The zero-order chi connectivity index (χ0) is 26.1. The highest BCUT2D eigenvalue weighted by Gasteiger charge is 2.53. The maximum atomic E-state index is 14.2. The number of benzene rings is 2. The molecule has 2 heterocycles. The minimum Gasteiger partial charge on any atom is -0.480 e. The van der Waals surface area contributed by atoms with Crippen LogP contribution in [0, 0.1) is 5.41 Å². The van der Waals surface area contributed by atoms with Crippen LogP contribution in [0.25, 0.3) is 10.9 Å². The number of sulfone groups is 1. The molecule has 1 unspecified atom stereocenters. The molecule has 1 aliphatic rings. The molecule has 2 atom stereocenters. The lowest BCUT2D eigenvalue weighted by Crippen LogP contribution is -2.64. The molecule has 0 saturated carbocycles. The SMILES string of the molecule is I.N=C(N)c1cccc(C[C@](N)(C(=O)N2CCCCC2C(=O)O)S(=O)(=O)c2cccc3cccnc23)c1. The van der Waals surface area contributed by atoms with Gasteiger partial charge in [0.2, 0.25) is 14.7 Å². The Morgan fingerprint density at radius 2 is 1.84 bits per heavy atom. The van der Waals surface area contributed by atoms with Gasteiger partial charge in [-0.05, 0) is 43.0 Å². The maximum absolute atomic E-state index is 14.2. The monoisotopic (exact) mass is 637 g/mol. The van der Waals surface area contributed by atoms with Crippen molar-refractivity contribution in [3.8, 4) is 0 Å². The van der Waals surface area contributed by atoms with Gasteiger partial charge in [-0.2, -0.15) is 0 Å². The number of pyridine rings is 1. The molecule has 0 bridgehead atoms. The number of nitrogens with two attached hydrogens (primary N) is 2. The molecule has 0 spiro atoms. The second-order valence-corrected chi connectivity index (χ2v) is 11.0. The molecule has 1 aromatic heterocycles. The van der Waals surface area contributed by atoms with E-state index in [9.17, 15) is 23.1 Å². The summed E-state index contributed by atoms with van der Waals surface area (Å²) in [4.78, 5) is 28.4. The predicted molar refractivity (Wildman–Crippen MR) is 149 cm³/mol. The summed E-state index contributed by atoms with van der Waals surface area (Å²) in [5.41, 5.74) is 13.1. The van der Waals surface area contributed by atoms with E-state index in [4.69, 9.17) is 16.9 Å².